The van der Waals surface area contributed by atoms with Crippen molar-refractivity contribution >= 4 is 41.2 Å². The van der Waals surface area contributed by atoms with Crippen LogP contribution in [0.15, 0.2) is 72.8 Å². The van der Waals surface area contributed by atoms with Crippen molar-refractivity contribution in [3.63, 3.8) is 0 Å². The van der Waals surface area contributed by atoms with Gasteiger partial charge in [-0.25, -0.2) is 14.6 Å². The van der Waals surface area contributed by atoms with E-state index in [4.69, 9.17) is 0 Å². The number of rotatable bonds is 11. The van der Waals surface area contributed by atoms with Crippen LogP contribution in [-0.4, -0.2) is 33.4 Å². The Morgan fingerprint density at radius 1 is 0.733 bits per heavy atom. The predicted molar refractivity (Wildman–Crippen MR) is 174 cm³/mol. The number of hydrogen-bond acceptors (Lipinski definition) is 8. The number of anilines is 5. The van der Waals surface area contributed by atoms with Gasteiger partial charge in [0.2, 0.25) is 23.8 Å². The van der Waals surface area contributed by atoms with Crippen molar-refractivity contribution in [1.29, 1.82) is 0 Å². The molecular weight excluding hydrogens is 573 g/mol. The van der Waals surface area contributed by atoms with Crippen molar-refractivity contribution < 1.29 is 14.0 Å². The molecule has 11 nitrogen and oxygen atoms in total. The molecule has 0 radical (unpaired) electrons. The molecule has 1 heterocycles. The summed E-state index contributed by atoms with van der Waals surface area (Å²) in [6, 6.07) is 20.3. The summed E-state index contributed by atoms with van der Waals surface area (Å²) < 4.78 is 13.3. The van der Waals surface area contributed by atoms with Gasteiger partial charge in [0.1, 0.15) is 5.82 Å². The van der Waals surface area contributed by atoms with Gasteiger partial charge in [-0.1, -0.05) is 61.2 Å². The maximum absolute atomic E-state index is 13.3. The van der Waals surface area contributed by atoms with E-state index in [-0.39, 0.29) is 18.1 Å². The first-order chi connectivity index (χ1) is 21.9. The van der Waals surface area contributed by atoms with Gasteiger partial charge in [-0.15, -0.1) is 0 Å². The summed E-state index contributed by atoms with van der Waals surface area (Å²) in [6.07, 6.45) is 6.25. The lowest BCUT2D eigenvalue weighted by molar-refractivity contribution is -0.121. The van der Waals surface area contributed by atoms with Crippen LogP contribution in [0.4, 0.5) is 38.4 Å². The molecule has 0 bridgehead atoms. The number of carbonyl (C=O) groups excluding carboxylic acids is 2. The zero-order valence-corrected chi connectivity index (χ0v) is 25.2. The highest BCUT2D eigenvalue weighted by Crippen LogP contribution is 2.24. The van der Waals surface area contributed by atoms with Gasteiger partial charge in [-0.05, 0) is 73.2 Å². The number of nitrogens with zero attached hydrogens (tertiary/aromatic N) is 3. The van der Waals surface area contributed by atoms with Crippen molar-refractivity contribution in [2.75, 3.05) is 27.8 Å². The van der Waals surface area contributed by atoms with E-state index in [1.165, 1.54) is 44.2 Å². The van der Waals surface area contributed by atoms with Crippen LogP contribution in [0.3, 0.4) is 0 Å². The Morgan fingerprint density at radius 3 is 2.07 bits per heavy atom. The second kappa shape index (κ2) is 15.5. The molecule has 0 aliphatic heterocycles. The molecule has 234 valence electrons. The Balaban J connectivity index is 1.16. The molecule has 0 spiro atoms. The van der Waals surface area contributed by atoms with Gasteiger partial charge in [-0.2, -0.15) is 15.0 Å². The van der Waals surface area contributed by atoms with Crippen molar-refractivity contribution in [2.45, 2.75) is 52.0 Å². The molecule has 0 saturated heterocycles. The molecule has 1 saturated carbocycles. The Bertz CT molecular complexity index is 1560. The van der Waals surface area contributed by atoms with Gasteiger partial charge >= 0.3 is 6.03 Å². The number of carbonyl (C=O) groups is 2. The number of hydrogen-bond donors (Lipinski definition) is 6. The van der Waals surface area contributed by atoms with E-state index in [0.29, 0.717) is 36.0 Å². The summed E-state index contributed by atoms with van der Waals surface area (Å²) in [5, 5.41) is 12.5. The molecule has 5 rings (SSSR count). The summed E-state index contributed by atoms with van der Waals surface area (Å²) in [7, 11) is 0. The fourth-order valence-corrected chi connectivity index (χ4v) is 4.99. The molecular formula is C33H38FN9O2. The van der Waals surface area contributed by atoms with Crippen LogP contribution in [0, 0.1) is 18.7 Å². The second-order valence-corrected chi connectivity index (χ2v) is 11.2. The van der Waals surface area contributed by atoms with Gasteiger partial charge < -0.3 is 21.3 Å². The van der Waals surface area contributed by atoms with Crippen LogP contribution < -0.4 is 32.1 Å². The molecule has 12 heteroatoms. The number of amides is 3. The highest BCUT2D eigenvalue weighted by Gasteiger charge is 2.15. The summed E-state index contributed by atoms with van der Waals surface area (Å²) in [6.45, 7) is 3.17. The highest BCUT2D eigenvalue weighted by atomic mass is 19.1. The fourth-order valence-electron chi connectivity index (χ4n) is 4.99. The zero-order valence-electron chi connectivity index (χ0n) is 25.2. The SMILES string of the molecule is Cc1ccc(NC(=O)NNC(=O)Cc2ccc(Nc3nc(NCc4ccc(F)cc4)nc(NCC4CCCCC4)n3)cc2)cc1. The van der Waals surface area contributed by atoms with Crippen LogP contribution in [-0.2, 0) is 17.8 Å². The van der Waals surface area contributed by atoms with Crippen LogP contribution in [0.1, 0.15) is 48.8 Å². The molecule has 3 aromatic carbocycles. The number of aryl methyl sites for hydroxylation is 1. The average molecular weight is 612 g/mol. The first kappa shape index (κ1) is 31.2. The number of aromatic nitrogens is 3. The molecule has 1 aliphatic rings. The number of benzene rings is 3. The largest absolute Gasteiger partial charge is 0.354 e. The van der Waals surface area contributed by atoms with Gasteiger partial charge in [0.05, 0.1) is 6.42 Å². The predicted octanol–water partition coefficient (Wildman–Crippen LogP) is 6.06. The van der Waals surface area contributed by atoms with E-state index in [2.05, 4.69) is 47.1 Å². The molecule has 1 aromatic heterocycles. The molecule has 45 heavy (non-hydrogen) atoms. The lowest BCUT2D eigenvalue weighted by atomic mass is 9.89. The van der Waals surface area contributed by atoms with Crippen molar-refractivity contribution in [3.8, 4) is 0 Å². The molecule has 1 fully saturated rings. The number of halogens is 1. The third kappa shape index (κ3) is 10.2. The fraction of sp³-hybridized carbons (Fsp3) is 0.303. The summed E-state index contributed by atoms with van der Waals surface area (Å²) in [5.41, 5.74) is 8.85. The summed E-state index contributed by atoms with van der Waals surface area (Å²) in [4.78, 5) is 38.1. The van der Waals surface area contributed by atoms with Crippen molar-refractivity contribution in [3.05, 3.63) is 95.3 Å². The third-order valence-corrected chi connectivity index (χ3v) is 7.47. The second-order valence-electron chi connectivity index (χ2n) is 11.2. The van der Waals surface area contributed by atoms with E-state index in [9.17, 15) is 14.0 Å². The quantitative estimate of drug-likeness (QED) is 0.112. The molecule has 4 aromatic rings. The first-order valence-corrected chi connectivity index (χ1v) is 15.1. The molecule has 3 amide bonds. The lowest BCUT2D eigenvalue weighted by Crippen LogP contribution is -2.44. The molecule has 6 N–H and O–H groups in total. The van der Waals surface area contributed by atoms with E-state index in [1.54, 1.807) is 24.3 Å². The standard InChI is InChI=1S/C33H38FN9O2/c1-22-7-15-28(16-8-22)38-33(45)43-42-29(44)19-23-11-17-27(18-12-23)37-32-40-30(35-20-24-5-3-2-4-6-24)39-31(41-32)36-21-25-9-13-26(34)14-10-25/h7-18,24H,2-6,19-21H2,1H3,(H,42,44)(H2,38,43,45)(H3,35,36,37,39,40,41). The monoisotopic (exact) mass is 611 g/mol. The first-order valence-electron chi connectivity index (χ1n) is 15.1. The number of urea groups is 1. The van der Waals surface area contributed by atoms with Gasteiger partial charge in [0.25, 0.3) is 0 Å². The number of hydrazine groups is 1. The minimum Gasteiger partial charge on any atom is -0.354 e. The van der Waals surface area contributed by atoms with Crippen LogP contribution in [0.25, 0.3) is 0 Å². The van der Waals surface area contributed by atoms with Gasteiger partial charge in [-0.3, -0.25) is 10.2 Å². The lowest BCUT2D eigenvalue weighted by Gasteiger charge is -2.21. The summed E-state index contributed by atoms with van der Waals surface area (Å²) >= 11 is 0. The third-order valence-electron chi connectivity index (χ3n) is 7.47. The minimum absolute atomic E-state index is 0.0730. The van der Waals surface area contributed by atoms with Gasteiger partial charge in [0, 0.05) is 24.5 Å². The van der Waals surface area contributed by atoms with Crippen molar-refractivity contribution in [1.82, 2.24) is 25.8 Å². The van der Waals surface area contributed by atoms with Crippen LogP contribution >= 0.6 is 0 Å². The van der Waals surface area contributed by atoms with Crippen molar-refractivity contribution in [2.24, 2.45) is 5.92 Å². The Kier molecular flexibility index (Phi) is 10.7. The van der Waals surface area contributed by atoms with Crippen LogP contribution in [0.2, 0.25) is 0 Å². The van der Waals surface area contributed by atoms with Crippen LogP contribution in [0.5, 0.6) is 0 Å². The topological polar surface area (TPSA) is 145 Å². The normalized spacial score (nSPS) is 13.0. The van der Waals surface area contributed by atoms with E-state index >= 15 is 0 Å². The molecule has 1 aliphatic carbocycles. The average Bonchev–Trinajstić information content (AvgIpc) is 3.05. The number of nitrogens with one attached hydrogen (secondary N) is 6. The summed E-state index contributed by atoms with van der Waals surface area (Å²) in [5.74, 6) is 1.14. The van der Waals surface area contributed by atoms with Gasteiger partial charge in [0.15, 0.2) is 0 Å². The molecule has 0 unspecified atom stereocenters. The maximum Gasteiger partial charge on any atom is 0.337 e. The maximum atomic E-state index is 13.3. The van der Waals surface area contributed by atoms with E-state index < -0.39 is 6.03 Å². The molecule has 0 atom stereocenters. The Hall–Kier alpha value is -5.26. The van der Waals surface area contributed by atoms with E-state index in [0.717, 1.165) is 28.9 Å². The zero-order chi connectivity index (χ0) is 31.4. The highest BCUT2D eigenvalue weighted by molar-refractivity contribution is 5.91. The van der Waals surface area contributed by atoms with E-state index in [1.807, 2.05) is 43.3 Å². The smallest absolute Gasteiger partial charge is 0.337 e. The Morgan fingerprint density at radius 2 is 1.36 bits per heavy atom. The Labute approximate surface area is 261 Å². The minimum atomic E-state index is -0.539.